The molecule has 0 amide bonds. The fourth-order valence-corrected chi connectivity index (χ4v) is 1.61. The van der Waals surface area contributed by atoms with E-state index in [4.69, 9.17) is 6.42 Å². The summed E-state index contributed by atoms with van der Waals surface area (Å²) in [6, 6.07) is 10.5. The van der Waals surface area contributed by atoms with Crippen LogP contribution in [0.5, 0.6) is 0 Å². The van der Waals surface area contributed by atoms with Crippen LogP contribution in [0.2, 0.25) is 0 Å². The minimum atomic E-state index is 0.669. The second-order valence-electron chi connectivity index (χ2n) is 3.96. The van der Waals surface area contributed by atoms with Gasteiger partial charge in [0.05, 0.1) is 6.54 Å². The molecule has 0 aliphatic heterocycles. The Morgan fingerprint density at radius 1 is 1.31 bits per heavy atom. The third-order valence-electron chi connectivity index (χ3n) is 2.42. The van der Waals surface area contributed by atoms with E-state index < -0.39 is 0 Å². The summed E-state index contributed by atoms with van der Waals surface area (Å²) >= 11 is 0. The molecule has 2 heteroatoms. The van der Waals surface area contributed by atoms with Crippen LogP contribution in [0, 0.1) is 12.3 Å². The molecule has 0 bridgehead atoms. The lowest BCUT2D eigenvalue weighted by atomic mass is 10.2. The SMILES string of the molecule is C#CCNCCCN(C)Cc1ccccc1. The van der Waals surface area contributed by atoms with E-state index in [1.165, 1.54) is 5.56 Å². The predicted molar refractivity (Wildman–Crippen MR) is 69.1 cm³/mol. The summed E-state index contributed by atoms with van der Waals surface area (Å²) in [5.74, 6) is 2.57. The Hall–Kier alpha value is -1.30. The lowest BCUT2D eigenvalue weighted by Crippen LogP contribution is -2.24. The Bertz CT molecular complexity index is 313. The van der Waals surface area contributed by atoms with Gasteiger partial charge in [-0.1, -0.05) is 36.3 Å². The van der Waals surface area contributed by atoms with E-state index in [2.05, 4.69) is 47.5 Å². The van der Waals surface area contributed by atoms with Crippen LogP contribution in [0.25, 0.3) is 0 Å². The summed E-state index contributed by atoms with van der Waals surface area (Å²) in [5.41, 5.74) is 1.36. The highest BCUT2D eigenvalue weighted by molar-refractivity contribution is 5.14. The minimum absolute atomic E-state index is 0.669. The second-order valence-corrected chi connectivity index (χ2v) is 3.96. The Balaban J connectivity index is 2.12. The van der Waals surface area contributed by atoms with Crippen molar-refractivity contribution in [3.8, 4) is 12.3 Å². The van der Waals surface area contributed by atoms with Gasteiger partial charge in [0, 0.05) is 6.54 Å². The molecular formula is C14H20N2. The first-order valence-corrected chi connectivity index (χ1v) is 5.69. The van der Waals surface area contributed by atoms with Crippen molar-refractivity contribution in [2.24, 2.45) is 0 Å². The number of nitrogens with zero attached hydrogens (tertiary/aromatic N) is 1. The standard InChI is InChI=1S/C14H20N2/c1-3-10-15-11-7-12-16(2)13-14-8-5-4-6-9-14/h1,4-6,8-9,15H,7,10-13H2,2H3. The molecule has 86 valence electrons. The normalized spacial score (nSPS) is 10.3. The maximum Gasteiger partial charge on any atom is 0.0573 e. The van der Waals surface area contributed by atoms with E-state index in [1.807, 2.05) is 6.07 Å². The van der Waals surface area contributed by atoms with E-state index in [0.717, 1.165) is 26.1 Å². The van der Waals surface area contributed by atoms with Gasteiger partial charge in [-0.05, 0) is 32.1 Å². The Kier molecular flexibility index (Phi) is 6.32. The van der Waals surface area contributed by atoms with Crippen LogP contribution in [0.1, 0.15) is 12.0 Å². The molecule has 1 N–H and O–H groups in total. The van der Waals surface area contributed by atoms with Crippen molar-refractivity contribution in [3.63, 3.8) is 0 Å². The summed E-state index contributed by atoms with van der Waals surface area (Å²) in [6.07, 6.45) is 6.28. The Morgan fingerprint density at radius 3 is 2.75 bits per heavy atom. The number of benzene rings is 1. The molecule has 0 fully saturated rings. The number of hydrogen-bond donors (Lipinski definition) is 1. The Labute approximate surface area is 98.7 Å². The topological polar surface area (TPSA) is 15.3 Å². The van der Waals surface area contributed by atoms with Gasteiger partial charge in [-0.15, -0.1) is 6.42 Å². The zero-order chi connectivity index (χ0) is 11.6. The monoisotopic (exact) mass is 216 g/mol. The summed E-state index contributed by atoms with van der Waals surface area (Å²) < 4.78 is 0. The fraction of sp³-hybridized carbons (Fsp3) is 0.429. The minimum Gasteiger partial charge on any atom is -0.306 e. The predicted octanol–water partition coefficient (Wildman–Crippen LogP) is 1.73. The molecule has 0 radical (unpaired) electrons. The first-order valence-electron chi connectivity index (χ1n) is 5.69. The molecule has 0 aliphatic rings. The van der Waals surface area contributed by atoms with Crippen LogP contribution < -0.4 is 5.32 Å². The molecule has 1 aromatic carbocycles. The molecule has 2 nitrogen and oxygen atoms in total. The quantitative estimate of drug-likeness (QED) is 0.551. The second kappa shape index (κ2) is 7.92. The number of hydrogen-bond acceptors (Lipinski definition) is 2. The molecule has 1 aromatic rings. The molecule has 0 unspecified atom stereocenters. The molecule has 0 spiro atoms. The summed E-state index contributed by atoms with van der Waals surface area (Å²) in [6.45, 7) is 3.76. The van der Waals surface area contributed by atoms with Gasteiger partial charge >= 0.3 is 0 Å². The van der Waals surface area contributed by atoms with Gasteiger partial charge in [0.15, 0.2) is 0 Å². The highest BCUT2D eigenvalue weighted by atomic mass is 15.1. The zero-order valence-corrected chi connectivity index (χ0v) is 9.95. The van der Waals surface area contributed by atoms with Gasteiger partial charge < -0.3 is 10.2 Å². The summed E-state index contributed by atoms with van der Waals surface area (Å²) in [5, 5.41) is 3.19. The van der Waals surface area contributed by atoms with Crippen molar-refractivity contribution in [1.29, 1.82) is 0 Å². The van der Waals surface area contributed by atoms with Crippen molar-refractivity contribution < 1.29 is 0 Å². The molecule has 0 saturated heterocycles. The highest BCUT2D eigenvalue weighted by Gasteiger charge is 1.98. The highest BCUT2D eigenvalue weighted by Crippen LogP contribution is 2.02. The van der Waals surface area contributed by atoms with Crippen LogP contribution in [0.3, 0.4) is 0 Å². The van der Waals surface area contributed by atoms with E-state index in [-0.39, 0.29) is 0 Å². The van der Waals surface area contributed by atoms with Crippen LogP contribution >= 0.6 is 0 Å². The molecule has 0 aromatic heterocycles. The van der Waals surface area contributed by atoms with E-state index in [1.54, 1.807) is 0 Å². The summed E-state index contributed by atoms with van der Waals surface area (Å²) in [7, 11) is 2.15. The third-order valence-corrected chi connectivity index (χ3v) is 2.42. The van der Waals surface area contributed by atoms with Gasteiger partial charge in [0.1, 0.15) is 0 Å². The average Bonchev–Trinajstić information content (AvgIpc) is 2.30. The van der Waals surface area contributed by atoms with Crippen LogP contribution in [0.15, 0.2) is 30.3 Å². The first kappa shape index (κ1) is 12.8. The third kappa shape index (κ3) is 5.55. The van der Waals surface area contributed by atoms with Gasteiger partial charge in [-0.25, -0.2) is 0 Å². The lowest BCUT2D eigenvalue weighted by molar-refractivity contribution is 0.320. The van der Waals surface area contributed by atoms with Gasteiger partial charge in [0.25, 0.3) is 0 Å². The van der Waals surface area contributed by atoms with Crippen molar-refractivity contribution in [1.82, 2.24) is 10.2 Å². The van der Waals surface area contributed by atoms with Crippen LogP contribution in [0.4, 0.5) is 0 Å². The molecular weight excluding hydrogens is 196 g/mol. The Morgan fingerprint density at radius 2 is 2.06 bits per heavy atom. The van der Waals surface area contributed by atoms with Crippen molar-refractivity contribution in [3.05, 3.63) is 35.9 Å². The van der Waals surface area contributed by atoms with E-state index in [0.29, 0.717) is 6.54 Å². The number of nitrogens with one attached hydrogen (secondary N) is 1. The molecule has 0 heterocycles. The van der Waals surface area contributed by atoms with Crippen LogP contribution in [-0.4, -0.2) is 31.6 Å². The smallest absolute Gasteiger partial charge is 0.0573 e. The summed E-state index contributed by atoms with van der Waals surface area (Å²) in [4.78, 5) is 2.33. The van der Waals surface area contributed by atoms with E-state index >= 15 is 0 Å². The number of rotatable bonds is 7. The first-order chi connectivity index (χ1) is 7.83. The molecule has 0 aliphatic carbocycles. The fourth-order valence-electron chi connectivity index (χ4n) is 1.61. The molecule has 0 atom stereocenters. The van der Waals surface area contributed by atoms with Crippen molar-refractivity contribution in [2.75, 3.05) is 26.7 Å². The maximum atomic E-state index is 5.15. The molecule has 1 rings (SSSR count). The average molecular weight is 216 g/mol. The lowest BCUT2D eigenvalue weighted by Gasteiger charge is -2.16. The zero-order valence-electron chi connectivity index (χ0n) is 9.95. The largest absolute Gasteiger partial charge is 0.306 e. The number of terminal acetylenes is 1. The maximum absolute atomic E-state index is 5.15. The van der Waals surface area contributed by atoms with Gasteiger partial charge in [-0.3, -0.25) is 0 Å². The van der Waals surface area contributed by atoms with Crippen molar-refractivity contribution in [2.45, 2.75) is 13.0 Å². The van der Waals surface area contributed by atoms with E-state index in [9.17, 15) is 0 Å². The van der Waals surface area contributed by atoms with Crippen LogP contribution in [-0.2, 0) is 6.54 Å². The van der Waals surface area contributed by atoms with Gasteiger partial charge in [0.2, 0.25) is 0 Å². The molecule has 0 saturated carbocycles. The van der Waals surface area contributed by atoms with Crippen molar-refractivity contribution >= 4 is 0 Å². The molecule has 16 heavy (non-hydrogen) atoms. The van der Waals surface area contributed by atoms with Gasteiger partial charge in [-0.2, -0.15) is 0 Å².